The van der Waals surface area contributed by atoms with Crippen molar-refractivity contribution in [3.63, 3.8) is 0 Å². The number of hydrazone groups is 1. The number of nitrogens with one attached hydrogen (secondary N) is 2. The number of anilines is 1. The Morgan fingerprint density at radius 2 is 1.71 bits per heavy atom. The maximum absolute atomic E-state index is 12.0. The van der Waals surface area contributed by atoms with Gasteiger partial charge in [0.1, 0.15) is 18.1 Å². The molecule has 0 radical (unpaired) electrons. The van der Waals surface area contributed by atoms with E-state index in [-0.39, 0.29) is 6.61 Å². The number of halogens is 3. The van der Waals surface area contributed by atoms with Gasteiger partial charge in [0.05, 0.1) is 33.9 Å². The number of methoxy groups -OCH3 is 1. The van der Waals surface area contributed by atoms with Gasteiger partial charge in [-0.25, -0.2) is 5.43 Å². The highest BCUT2D eigenvalue weighted by atomic mass is 79.9. The topological polar surface area (TPSA) is 113 Å². The molecule has 0 atom stereocenters. The lowest BCUT2D eigenvalue weighted by Gasteiger charge is -2.13. The molecule has 0 heterocycles. The Morgan fingerprint density at radius 3 is 2.34 bits per heavy atom. The molecule has 0 fully saturated rings. The van der Waals surface area contributed by atoms with E-state index in [1.807, 2.05) is 18.2 Å². The van der Waals surface area contributed by atoms with Gasteiger partial charge in [0.2, 0.25) is 0 Å². The second-order valence-corrected chi connectivity index (χ2v) is 9.53. The summed E-state index contributed by atoms with van der Waals surface area (Å²) in [5.41, 5.74) is 4.43. The Balaban J connectivity index is 1.63. The van der Waals surface area contributed by atoms with E-state index in [9.17, 15) is 9.59 Å². The molecule has 0 saturated heterocycles. The van der Waals surface area contributed by atoms with Crippen molar-refractivity contribution in [2.45, 2.75) is 6.61 Å². The Bertz CT molecular complexity index is 1300. The van der Waals surface area contributed by atoms with Gasteiger partial charge in [-0.2, -0.15) is 10.4 Å². The minimum atomic E-state index is -0.937. The van der Waals surface area contributed by atoms with Crippen molar-refractivity contribution in [3.8, 4) is 17.6 Å². The zero-order valence-corrected chi connectivity index (χ0v) is 22.9. The molecule has 3 aromatic carbocycles. The number of hydrogen-bond acceptors (Lipinski definition) is 6. The summed E-state index contributed by atoms with van der Waals surface area (Å²) in [6.07, 6.45) is 1.40. The lowest BCUT2D eigenvalue weighted by molar-refractivity contribution is -0.136. The van der Waals surface area contributed by atoms with Crippen LogP contribution < -0.4 is 20.2 Å². The summed E-state index contributed by atoms with van der Waals surface area (Å²) in [5, 5.41) is 15.1. The number of carbonyl (C=O) groups is 2. The average Bonchev–Trinajstić information content (AvgIpc) is 2.84. The summed E-state index contributed by atoms with van der Waals surface area (Å²) in [4.78, 5) is 24.1. The summed E-state index contributed by atoms with van der Waals surface area (Å²) >= 11 is 10.4. The van der Waals surface area contributed by atoms with Crippen molar-refractivity contribution in [2.75, 3.05) is 12.4 Å². The first-order valence-corrected chi connectivity index (χ1v) is 12.3. The third kappa shape index (κ3) is 7.39. The molecule has 0 aliphatic carbocycles. The highest BCUT2D eigenvalue weighted by Crippen LogP contribution is 2.37. The van der Waals surface area contributed by atoms with Crippen molar-refractivity contribution >= 4 is 71.5 Å². The van der Waals surface area contributed by atoms with E-state index in [4.69, 9.17) is 14.7 Å². The zero-order valence-electron chi connectivity index (χ0n) is 18.1. The number of benzene rings is 3. The molecule has 3 aromatic rings. The first-order valence-electron chi connectivity index (χ1n) is 9.89. The number of amides is 2. The maximum atomic E-state index is 12.0. The maximum Gasteiger partial charge on any atom is 0.329 e. The molecule has 2 amide bonds. The Kier molecular flexibility index (Phi) is 9.42. The second kappa shape index (κ2) is 12.5. The Hall–Kier alpha value is -3.20. The molecule has 0 unspecified atom stereocenters. The third-order valence-electron chi connectivity index (χ3n) is 4.50. The highest BCUT2D eigenvalue weighted by Gasteiger charge is 2.13. The minimum Gasteiger partial charge on any atom is -0.496 e. The Morgan fingerprint density at radius 1 is 1.03 bits per heavy atom. The quantitative estimate of drug-likeness (QED) is 0.196. The van der Waals surface area contributed by atoms with Crippen LogP contribution in [0.1, 0.15) is 16.7 Å². The molecular weight excluding hydrogens is 648 g/mol. The van der Waals surface area contributed by atoms with E-state index < -0.39 is 11.8 Å². The summed E-state index contributed by atoms with van der Waals surface area (Å²) < 4.78 is 13.8. The average molecular weight is 665 g/mol. The fourth-order valence-corrected chi connectivity index (χ4v) is 5.33. The van der Waals surface area contributed by atoms with Gasteiger partial charge >= 0.3 is 11.8 Å². The standard InChI is InChI=1S/C24H17Br3N4O4/c1-34-21-7-4-15(8-16(21)13-35-22-19(26)9-17(25)10-20(22)27)12-29-31-24(33)23(32)30-18-5-2-14(11-28)3-6-18/h2-10,12H,13H2,1H3,(H,30,32)(H,31,33). The van der Waals surface area contributed by atoms with Crippen molar-refractivity contribution < 1.29 is 19.1 Å². The number of rotatable bonds is 7. The van der Waals surface area contributed by atoms with Crippen LogP contribution in [0, 0.1) is 11.3 Å². The van der Waals surface area contributed by atoms with Gasteiger partial charge in [-0.05, 0) is 92.0 Å². The fourth-order valence-electron chi connectivity index (χ4n) is 2.84. The predicted octanol–water partition coefficient (Wildman–Crippen LogP) is 5.52. The van der Waals surface area contributed by atoms with E-state index in [1.54, 1.807) is 25.3 Å². The predicted molar refractivity (Wildman–Crippen MR) is 142 cm³/mol. The molecule has 0 aliphatic heterocycles. The van der Waals surface area contributed by atoms with Gasteiger partial charge in [-0.1, -0.05) is 15.9 Å². The zero-order chi connectivity index (χ0) is 25.4. The monoisotopic (exact) mass is 662 g/mol. The molecule has 2 N–H and O–H groups in total. The molecule has 0 aliphatic rings. The smallest absolute Gasteiger partial charge is 0.329 e. The molecular formula is C24H17Br3N4O4. The largest absolute Gasteiger partial charge is 0.496 e. The van der Waals surface area contributed by atoms with Crippen LogP contribution in [-0.2, 0) is 16.2 Å². The van der Waals surface area contributed by atoms with Gasteiger partial charge in [-0.3, -0.25) is 9.59 Å². The molecule has 35 heavy (non-hydrogen) atoms. The van der Waals surface area contributed by atoms with E-state index >= 15 is 0 Å². The summed E-state index contributed by atoms with van der Waals surface area (Å²) in [6, 6.07) is 17.1. The van der Waals surface area contributed by atoms with Crippen LogP contribution in [0.15, 0.2) is 73.1 Å². The first kappa shape index (κ1) is 26.4. The van der Waals surface area contributed by atoms with Crippen molar-refractivity contribution in [2.24, 2.45) is 5.10 Å². The van der Waals surface area contributed by atoms with Crippen LogP contribution in [0.5, 0.6) is 11.5 Å². The molecule has 0 bridgehead atoms. The van der Waals surface area contributed by atoms with E-state index in [1.165, 1.54) is 30.5 Å². The molecule has 8 nitrogen and oxygen atoms in total. The van der Waals surface area contributed by atoms with Crippen LogP contribution in [0.2, 0.25) is 0 Å². The first-order chi connectivity index (χ1) is 16.8. The number of carbonyl (C=O) groups excluding carboxylic acids is 2. The number of nitriles is 1. The summed E-state index contributed by atoms with van der Waals surface area (Å²) in [5.74, 6) is -0.568. The van der Waals surface area contributed by atoms with Crippen molar-refractivity contribution in [3.05, 3.63) is 84.7 Å². The van der Waals surface area contributed by atoms with Crippen LogP contribution >= 0.6 is 47.8 Å². The number of ether oxygens (including phenoxy) is 2. The molecule has 0 aromatic heterocycles. The van der Waals surface area contributed by atoms with Gasteiger partial charge in [0.25, 0.3) is 0 Å². The molecule has 178 valence electrons. The van der Waals surface area contributed by atoms with E-state index in [0.29, 0.717) is 28.3 Å². The summed E-state index contributed by atoms with van der Waals surface area (Å²) in [6.45, 7) is 0.211. The van der Waals surface area contributed by atoms with Crippen LogP contribution in [0.25, 0.3) is 0 Å². The van der Waals surface area contributed by atoms with Crippen LogP contribution in [0.3, 0.4) is 0 Å². The van der Waals surface area contributed by atoms with E-state index in [2.05, 4.69) is 63.6 Å². The minimum absolute atomic E-state index is 0.211. The lowest BCUT2D eigenvalue weighted by atomic mass is 10.1. The van der Waals surface area contributed by atoms with Crippen LogP contribution in [-0.4, -0.2) is 25.1 Å². The van der Waals surface area contributed by atoms with Gasteiger partial charge in [-0.15, -0.1) is 0 Å². The van der Waals surface area contributed by atoms with Gasteiger partial charge in [0, 0.05) is 15.7 Å². The normalized spacial score (nSPS) is 10.5. The SMILES string of the molecule is COc1ccc(C=NNC(=O)C(=O)Nc2ccc(C#N)cc2)cc1COc1c(Br)cc(Br)cc1Br. The molecule has 3 rings (SSSR count). The molecule has 11 heteroatoms. The van der Waals surface area contributed by atoms with Crippen molar-refractivity contribution in [1.29, 1.82) is 5.26 Å². The highest BCUT2D eigenvalue weighted by molar-refractivity contribution is 9.11. The molecule has 0 spiro atoms. The van der Waals surface area contributed by atoms with Gasteiger partial charge < -0.3 is 14.8 Å². The number of nitrogens with zero attached hydrogens (tertiary/aromatic N) is 2. The third-order valence-corrected chi connectivity index (χ3v) is 6.13. The molecule has 0 saturated carbocycles. The summed E-state index contributed by atoms with van der Waals surface area (Å²) in [7, 11) is 1.56. The lowest BCUT2D eigenvalue weighted by Crippen LogP contribution is -2.32. The Labute approximate surface area is 226 Å². The van der Waals surface area contributed by atoms with Crippen molar-refractivity contribution in [1.82, 2.24) is 5.43 Å². The van der Waals surface area contributed by atoms with Gasteiger partial charge in [0.15, 0.2) is 0 Å². The number of hydrogen-bond donors (Lipinski definition) is 2. The van der Waals surface area contributed by atoms with Crippen LogP contribution in [0.4, 0.5) is 5.69 Å². The second-order valence-electron chi connectivity index (χ2n) is 6.90. The van der Waals surface area contributed by atoms with E-state index in [0.717, 1.165) is 19.0 Å². The fraction of sp³-hybridized carbons (Fsp3) is 0.0833.